The maximum atomic E-state index is 12.5. The van der Waals surface area contributed by atoms with Crippen molar-refractivity contribution in [2.24, 2.45) is 7.05 Å². The minimum absolute atomic E-state index is 0.0337. The number of pyridine rings is 1. The van der Waals surface area contributed by atoms with Crippen molar-refractivity contribution in [2.45, 2.75) is 39.7 Å². The highest BCUT2D eigenvalue weighted by Crippen LogP contribution is 2.12. The predicted octanol–water partition coefficient (Wildman–Crippen LogP) is 0.794. The summed E-state index contributed by atoms with van der Waals surface area (Å²) in [6, 6.07) is 2.83. The topological polar surface area (TPSA) is 89.2 Å². The Morgan fingerprint density at radius 2 is 1.89 bits per heavy atom. The van der Waals surface area contributed by atoms with E-state index in [0.29, 0.717) is 18.5 Å². The van der Waals surface area contributed by atoms with E-state index in [9.17, 15) is 14.4 Å². The molecule has 0 spiro atoms. The lowest BCUT2D eigenvalue weighted by atomic mass is 10.1. The fraction of sp³-hybridized carbons (Fsp3) is 0.500. The van der Waals surface area contributed by atoms with E-state index >= 15 is 0 Å². The average Bonchev–Trinajstić information content (AvgIpc) is 3.28. The van der Waals surface area contributed by atoms with Crippen LogP contribution < -0.4 is 10.9 Å². The van der Waals surface area contributed by atoms with Crippen LogP contribution in [-0.4, -0.2) is 50.7 Å². The van der Waals surface area contributed by atoms with Crippen molar-refractivity contribution >= 4 is 11.8 Å². The second-order valence-electron chi connectivity index (χ2n) is 7.25. The molecule has 0 aliphatic carbocycles. The average molecular weight is 385 g/mol. The van der Waals surface area contributed by atoms with Crippen molar-refractivity contribution in [2.75, 3.05) is 19.6 Å². The SMILES string of the molecule is Cc1nn(C)c(C)c1CCNC(=O)c1ccc(=O)n(CC(=O)N2CCCC2)c1. The Hall–Kier alpha value is -2.90. The summed E-state index contributed by atoms with van der Waals surface area (Å²) in [5.74, 6) is -0.346. The van der Waals surface area contributed by atoms with Gasteiger partial charge in [0.2, 0.25) is 5.91 Å². The Morgan fingerprint density at radius 3 is 2.54 bits per heavy atom. The van der Waals surface area contributed by atoms with Gasteiger partial charge in [0.05, 0.1) is 11.3 Å². The van der Waals surface area contributed by atoms with Crippen molar-refractivity contribution in [3.8, 4) is 0 Å². The van der Waals surface area contributed by atoms with Gasteiger partial charge in [-0.3, -0.25) is 19.1 Å². The number of carbonyl (C=O) groups is 2. The summed E-state index contributed by atoms with van der Waals surface area (Å²) in [6.45, 7) is 5.87. The van der Waals surface area contributed by atoms with Crippen molar-refractivity contribution < 1.29 is 9.59 Å². The van der Waals surface area contributed by atoms with Crippen LogP contribution in [0.4, 0.5) is 0 Å². The number of nitrogens with one attached hydrogen (secondary N) is 1. The molecule has 2 aromatic heterocycles. The van der Waals surface area contributed by atoms with E-state index < -0.39 is 0 Å². The largest absolute Gasteiger partial charge is 0.352 e. The van der Waals surface area contributed by atoms with E-state index in [4.69, 9.17) is 0 Å². The van der Waals surface area contributed by atoms with Crippen LogP contribution in [0.1, 0.15) is 40.2 Å². The van der Waals surface area contributed by atoms with Crippen molar-refractivity contribution in [1.29, 1.82) is 0 Å². The molecule has 8 heteroatoms. The van der Waals surface area contributed by atoms with Crippen LogP contribution in [0.2, 0.25) is 0 Å². The molecule has 0 radical (unpaired) electrons. The zero-order chi connectivity index (χ0) is 20.3. The number of nitrogens with zero attached hydrogens (tertiary/aromatic N) is 4. The lowest BCUT2D eigenvalue weighted by molar-refractivity contribution is -0.130. The van der Waals surface area contributed by atoms with E-state index in [2.05, 4.69) is 10.4 Å². The third kappa shape index (κ3) is 4.32. The van der Waals surface area contributed by atoms with Gasteiger partial charge >= 0.3 is 0 Å². The Balaban J connectivity index is 1.62. The molecule has 1 aliphatic heterocycles. The molecule has 0 atom stereocenters. The zero-order valence-electron chi connectivity index (χ0n) is 16.7. The predicted molar refractivity (Wildman–Crippen MR) is 105 cm³/mol. The van der Waals surface area contributed by atoms with E-state index in [0.717, 1.165) is 42.9 Å². The molecule has 28 heavy (non-hydrogen) atoms. The second-order valence-corrected chi connectivity index (χ2v) is 7.25. The molecule has 0 bridgehead atoms. The van der Waals surface area contributed by atoms with Gasteiger partial charge < -0.3 is 14.8 Å². The summed E-state index contributed by atoms with van der Waals surface area (Å²) in [6.07, 6.45) is 4.15. The molecule has 1 fully saturated rings. The van der Waals surface area contributed by atoms with Gasteiger partial charge in [-0.1, -0.05) is 0 Å². The van der Waals surface area contributed by atoms with Gasteiger partial charge in [-0.25, -0.2) is 0 Å². The Labute approximate surface area is 164 Å². The summed E-state index contributed by atoms with van der Waals surface area (Å²) < 4.78 is 3.14. The molecule has 1 saturated heterocycles. The lowest BCUT2D eigenvalue weighted by Crippen LogP contribution is -2.35. The number of likely N-dealkylation sites (tertiary alicyclic amines) is 1. The molecule has 3 heterocycles. The summed E-state index contributed by atoms with van der Waals surface area (Å²) in [5.41, 5.74) is 3.26. The molecule has 1 aliphatic rings. The van der Waals surface area contributed by atoms with Crippen molar-refractivity contribution in [1.82, 2.24) is 24.6 Å². The van der Waals surface area contributed by atoms with Gasteiger partial charge in [-0.05, 0) is 44.7 Å². The normalized spacial score (nSPS) is 13.8. The number of aryl methyl sites for hydroxylation is 2. The highest BCUT2D eigenvalue weighted by atomic mass is 16.2. The van der Waals surface area contributed by atoms with Gasteiger partial charge in [0.15, 0.2) is 0 Å². The van der Waals surface area contributed by atoms with Crippen LogP contribution >= 0.6 is 0 Å². The summed E-state index contributed by atoms with van der Waals surface area (Å²) in [5, 5.41) is 7.26. The minimum atomic E-state index is -0.286. The minimum Gasteiger partial charge on any atom is -0.352 e. The van der Waals surface area contributed by atoms with Gasteiger partial charge in [0.25, 0.3) is 11.5 Å². The van der Waals surface area contributed by atoms with Crippen LogP contribution in [0.3, 0.4) is 0 Å². The summed E-state index contributed by atoms with van der Waals surface area (Å²) in [7, 11) is 1.90. The highest BCUT2D eigenvalue weighted by molar-refractivity contribution is 5.93. The first kappa shape index (κ1) is 19.9. The maximum Gasteiger partial charge on any atom is 0.252 e. The molecule has 1 N–H and O–H groups in total. The first-order valence-corrected chi connectivity index (χ1v) is 9.62. The molecular formula is C20H27N5O3. The summed E-state index contributed by atoms with van der Waals surface area (Å²) >= 11 is 0. The van der Waals surface area contributed by atoms with Crippen molar-refractivity contribution in [3.63, 3.8) is 0 Å². The first-order chi connectivity index (χ1) is 13.4. The van der Waals surface area contributed by atoms with E-state index in [1.807, 2.05) is 25.6 Å². The monoisotopic (exact) mass is 385 g/mol. The first-order valence-electron chi connectivity index (χ1n) is 9.62. The highest BCUT2D eigenvalue weighted by Gasteiger charge is 2.19. The number of aromatic nitrogens is 3. The second kappa shape index (κ2) is 8.41. The van der Waals surface area contributed by atoms with E-state index in [-0.39, 0.29) is 23.9 Å². The third-order valence-electron chi connectivity index (χ3n) is 5.33. The van der Waals surface area contributed by atoms with Crippen molar-refractivity contribution in [3.05, 3.63) is 51.2 Å². The number of carbonyl (C=O) groups excluding carboxylic acids is 2. The molecular weight excluding hydrogens is 358 g/mol. The Kier molecular flexibility index (Phi) is 5.96. The number of hydrogen-bond donors (Lipinski definition) is 1. The molecule has 2 aromatic rings. The number of rotatable bonds is 6. The van der Waals surface area contributed by atoms with Crippen LogP contribution in [0, 0.1) is 13.8 Å². The molecule has 8 nitrogen and oxygen atoms in total. The van der Waals surface area contributed by atoms with E-state index in [1.165, 1.54) is 22.9 Å². The van der Waals surface area contributed by atoms with Crippen LogP contribution in [0.5, 0.6) is 0 Å². The quantitative estimate of drug-likeness (QED) is 0.796. The van der Waals surface area contributed by atoms with Crippen LogP contribution in [0.25, 0.3) is 0 Å². The maximum absolute atomic E-state index is 12.5. The van der Waals surface area contributed by atoms with Gasteiger partial charge in [0.1, 0.15) is 6.54 Å². The number of hydrogen-bond acceptors (Lipinski definition) is 4. The van der Waals surface area contributed by atoms with Gasteiger partial charge in [0, 0.05) is 44.6 Å². The molecule has 0 saturated carbocycles. The Bertz CT molecular complexity index is 938. The molecule has 3 rings (SSSR count). The fourth-order valence-electron chi connectivity index (χ4n) is 3.58. The zero-order valence-corrected chi connectivity index (χ0v) is 16.7. The smallest absolute Gasteiger partial charge is 0.252 e. The van der Waals surface area contributed by atoms with E-state index in [1.54, 1.807) is 4.90 Å². The van der Waals surface area contributed by atoms with Crippen LogP contribution in [-0.2, 0) is 24.8 Å². The molecule has 2 amide bonds. The van der Waals surface area contributed by atoms with Gasteiger partial charge in [-0.15, -0.1) is 0 Å². The molecule has 0 unspecified atom stereocenters. The third-order valence-corrected chi connectivity index (χ3v) is 5.33. The standard InChI is InChI=1S/C20H27N5O3/c1-14-17(15(2)23(3)22-14)8-9-21-20(28)16-6-7-18(26)25(12-16)13-19(27)24-10-4-5-11-24/h6-7,12H,4-5,8-11,13H2,1-3H3,(H,21,28). The molecule has 0 aromatic carbocycles. The summed E-state index contributed by atoms with van der Waals surface area (Å²) in [4.78, 5) is 38.6. The fourth-order valence-corrected chi connectivity index (χ4v) is 3.58. The van der Waals surface area contributed by atoms with Crippen LogP contribution in [0.15, 0.2) is 23.1 Å². The van der Waals surface area contributed by atoms with Gasteiger partial charge in [-0.2, -0.15) is 5.10 Å². The lowest BCUT2D eigenvalue weighted by Gasteiger charge is -2.16. The molecule has 150 valence electrons. The number of amides is 2. The Morgan fingerprint density at radius 1 is 1.18 bits per heavy atom.